The van der Waals surface area contributed by atoms with Gasteiger partial charge in [0, 0.05) is 4.88 Å². The van der Waals surface area contributed by atoms with Gasteiger partial charge in [-0.25, -0.2) is 0 Å². The Kier molecular flexibility index (Phi) is 6.61. The van der Waals surface area contributed by atoms with E-state index in [9.17, 15) is 15.3 Å². The van der Waals surface area contributed by atoms with Crippen LogP contribution in [0.1, 0.15) is 34.4 Å². The molecule has 8 heteroatoms. The highest BCUT2D eigenvalue weighted by Gasteiger charge is 2.23. The zero-order valence-corrected chi connectivity index (χ0v) is 17.8. The van der Waals surface area contributed by atoms with Gasteiger partial charge in [-0.2, -0.15) is 10.5 Å². The molecule has 0 radical (unpaired) electrons. The van der Waals surface area contributed by atoms with E-state index in [1.54, 1.807) is 12.1 Å². The normalized spacial score (nSPS) is 12.9. The van der Waals surface area contributed by atoms with Crippen molar-refractivity contribution in [1.29, 1.82) is 10.5 Å². The number of nitrogens with zero attached hydrogens (tertiary/aromatic N) is 2. The predicted molar refractivity (Wildman–Crippen MR) is 114 cm³/mol. The number of amides is 1. The van der Waals surface area contributed by atoms with Crippen molar-refractivity contribution in [2.45, 2.75) is 25.7 Å². The van der Waals surface area contributed by atoms with E-state index in [1.807, 2.05) is 6.07 Å². The third kappa shape index (κ3) is 4.10. The summed E-state index contributed by atoms with van der Waals surface area (Å²) >= 11 is 1.42. The third-order valence-corrected chi connectivity index (χ3v) is 6.08. The first-order chi connectivity index (χ1) is 14.6. The van der Waals surface area contributed by atoms with Crippen LogP contribution in [-0.2, 0) is 17.6 Å². The number of nitrogens with one attached hydrogen (secondary N) is 1. The summed E-state index contributed by atoms with van der Waals surface area (Å²) < 4.78 is 15.9. The molecule has 1 heterocycles. The number of methoxy groups -OCH3 is 3. The summed E-state index contributed by atoms with van der Waals surface area (Å²) in [5, 5.41) is 22.4. The van der Waals surface area contributed by atoms with E-state index >= 15 is 0 Å². The average Bonchev–Trinajstić information content (AvgIpc) is 3.13. The van der Waals surface area contributed by atoms with Gasteiger partial charge in [0.1, 0.15) is 22.7 Å². The molecule has 2 aromatic rings. The van der Waals surface area contributed by atoms with Gasteiger partial charge in [-0.05, 0) is 55.0 Å². The van der Waals surface area contributed by atoms with Crippen molar-refractivity contribution in [2.24, 2.45) is 0 Å². The van der Waals surface area contributed by atoms with Crippen LogP contribution in [0.15, 0.2) is 17.7 Å². The van der Waals surface area contributed by atoms with Gasteiger partial charge in [0.2, 0.25) is 5.75 Å². The number of thiophene rings is 1. The van der Waals surface area contributed by atoms with Gasteiger partial charge >= 0.3 is 0 Å². The van der Waals surface area contributed by atoms with Crippen molar-refractivity contribution in [3.05, 3.63) is 39.3 Å². The van der Waals surface area contributed by atoms with Crippen molar-refractivity contribution in [1.82, 2.24) is 0 Å². The molecule has 0 fully saturated rings. The van der Waals surface area contributed by atoms with E-state index in [2.05, 4.69) is 11.4 Å². The Morgan fingerprint density at radius 3 is 2.33 bits per heavy atom. The molecule has 30 heavy (non-hydrogen) atoms. The number of hydrogen-bond donors (Lipinski definition) is 1. The van der Waals surface area contributed by atoms with E-state index in [0.29, 0.717) is 33.4 Å². The van der Waals surface area contributed by atoms with Crippen molar-refractivity contribution < 1.29 is 19.0 Å². The monoisotopic (exact) mass is 423 g/mol. The number of rotatable bonds is 6. The molecule has 0 unspecified atom stereocenters. The number of aryl methyl sites for hydroxylation is 1. The highest BCUT2D eigenvalue weighted by molar-refractivity contribution is 7.16. The zero-order chi connectivity index (χ0) is 21.7. The summed E-state index contributed by atoms with van der Waals surface area (Å²) in [6, 6.07) is 7.43. The van der Waals surface area contributed by atoms with Crippen LogP contribution in [0.4, 0.5) is 5.00 Å². The topological polar surface area (TPSA) is 104 Å². The fraction of sp³-hybridized carbons (Fsp3) is 0.318. The van der Waals surface area contributed by atoms with E-state index < -0.39 is 5.91 Å². The van der Waals surface area contributed by atoms with Gasteiger partial charge < -0.3 is 19.5 Å². The lowest BCUT2D eigenvalue weighted by molar-refractivity contribution is -0.112. The van der Waals surface area contributed by atoms with E-state index in [-0.39, 0.29) is 5.57 Å². The molecule has 0 bridgehead atoms. The van der Waals surface area contributed by atoms with Crippen LogP contribution in [0, 0.1) is 22.7 Å². The van der Waals surface area contributed by atoms with Gasteiger partial charge in [-0.1, -0.05) is 0 Å². The van der Waals surface area contributed by atoms with Crippen LogP contribution in [0.25, 0.3) is 6.08 Å². The Morgan fingerprint density at radius 2 is 1.77 bits per heavy atom. The number of fused-ring (bicyclic) bond motifs is 1. The minimum absolute atomic E-state index is 0.0977. The van der Waals surface area contributed by atoms with Crippen LogP contribution in [-0.4, -0.2) is 27.2 Å². The Morgan fingerprint density at radius 1 is 1.10 bits per heavy atom. The first-order valence-corrected chi connectivity index (χ1v) is 10.2. The van der Waals surface area contributed by atoms with Crippen LogP contribution >= 0.6 is 11.3 Å². The largest absolute Gasteiger partial charge is 0.493 e. The molecule has 1 aliphatic rings. The molecule has 1 amide bonds. The third-order valence-electron chi connectivity index (χ3n) is 4.87. The molecule has 0 atom stereocenters. The number of ether oxygens (including phenoxy) is 3. The zero-order valence-electron chi connectivity index (χ0n) is 17.0. The summed E-state index contributed by atoms with van der Waals surface area (Å²) in [5.74, 6) is 0.682. The van der Waals surface area contributed by atoms with Gasteiger partial charge in [-0.3, -0.25) is 4.79 Å². The Hall–Kier alpha value is -3.49. The molecule has 0 aliphatic heterocycles. The Balaban J connectivity index is 1.93. The molecule has 0 saturated carbocycles. The van der Waals surface area contributed by atoms with Crippen molar-refractivity contribution in [2.75, 3.05) is 26.6 Å². The number of nitriles is 2. The van der Waals surface area contributed by atoms with Crippen molar-refractivity contribution >= 4 is 28.3 Å². The minimum atomic E-state index is -0.568. The fourth-order valence-electron chi connectivity index (χ4n) is 3.44. The number of carbonyl (C=O) groups excluding carboxylic acids is 1. The lowest BCUT2D eigenvalue weighted by Crippen LogP contribution is -2.13. The quantitative estimate of drug-likeness (QED) is 0.555. The van der Waals surface area contributed by atoms with Crippen LogP contribution < -0.4 is 19.5 Å². The van der Waals surface area contributed by atoms with Gasteiger partial charge in [0.25, 0.3) is 5.91 Å². The molecule has 1 N–H and O–H groups in total. The Labute approximate surface area is 179 Å². The molecular formula is C22H21N3O4S. The second-order valence-corrected chi connectivity index (χ2v) is 7.71. The maximum Gasteiger partial charge on any atom is 0.266 e. The molecular weight excluding hydrogens is 402 g/mol. The number of anilines is 1. The molecule has 1 aliphatic carbocycles. The second-order valence-electron chi connectivity index (χ2n) is 6.61. The first-order valence-electron chi connectivity index (χ1n) is 9.34. The van der Waals surface area contributed by atoms with E-state index in [0.717, 1.165) is 36.1 Å². The molecule has 0 spiro atoms. The molecule has 7 nitrogen and oxygen atoms in total. The maximum absolute atomic E-state index is 12.8. The molecule has 3 rings (SSSR count). The number of carbonyl (C=O) groups is 1. The van der Waals surface area contributed by atoms with Gasteiger partial charge in [-0.15, -0.1) is 11.3 Å². The van der Waals surface area contributed by atoms with Crippen LogP contribution in [0.3, 0.4) is 0 Å². The summed E-state index contributed by atoms with van der Waals surface area (Å²) in [5.41, 5.74) is 1.98. The summed E-state index contributed by atoms with van der Waals surface area (Å²) in [4.78, 5) is 13.9. The SMILES string of the molecule is COc1cc(/C=C(\C#N)C(=O)Nc2sc3c(c2C#N)CCCC3)cc(OC)c1OC. The maximum atomic E-state index is 12.8. The fourth-order valence-corrected chi connectivity index (χ4v) is 4.68. The molecule has 0 saturated heterocycles. The average molecular weight is 423 g/mol. The number of hydrogen-bond acceptors (Lipinski definition) is 7. The van der Waals surface area contributed by atoms with E-state index in [4.69, 9.17) is 14.2 Å². The smallest absolute Gasteiger partial charge is 0.266 e. The summed E-state index contributed by atoms with van der Waals surface area (Å²) in [6.07, 6.45) is 5.32. The molecule has 1 aromatic carbocycles. The molecule has 154 valence electrons. The molecule has 1 aromatic heterocycles. The highest BCUT2D eigenvalue weighted by Crippen LogP contribution is 2.39. The van der Waals surface area contributed by atoms with Crippen molar-refractivity contribution in [3.63, 3.8) is 0 Å². The van der Waals surface area contributed by atoms with Gasteiger partial charge in [0.05, 0.1) is 26.9 Å². The second kappa shape index (κ2) is 9.34. The van der Waals surface area contributed by atoms with E-state index in [1.165, 1.54) is 38.7 Å². The standard InChI is InChI=1S/C22H21N3O4S/c1-27-17-9-13(10-18(28-2)20(17)29-3)8-14(11-23)21(26)25-22-16(12-24)15-6-4-5-7-19(15)30-22/h8-10H,4-7H2,1-3H3,(H,25,26)/b14-8+. The summed E-state index contributed by atoms with van der Waals surface area (Å²) in [6.45, 7) is 0. The number of benzene rings is 1. The van der Waals surface area contributed by atoms with Crippen LogP contribution in [0.2, 0.25) is 0 Å². The summed E-state index contributed by atoms with van der Waals surface area (Å²) in [7, 11) is 4.48. The Bertz CT molecular complexity index is 1060. The highest BCUT2D eigenvalue weighted by atomic mass is 32.1. The lowest BCUT2D eigenvalue weighted by Gasteiger charge is -2.13. The van der Waals surface area contributed by atoms with Crippen LogP contribution in [0.5, 0.6) is 17.2 Å². The lowest BCUT2D eigenvalue weighted by atomic mass is 9.96. The first kappa shape index (κ1) is 21.2. The van der Waals surface area contributed by atoms with Crippen molar-refractivity contribution in [3.8, 4) is 29.4 Å². The minimum Gasteiger partial charge on any atom is -0.493 e. The van der Waals surface area contributed by atoms with Gasteiger partial charge in [0.15, 0.2) is 11.5 Å². The predicted octanol–water partition coefficient (Wildman–Crippen LogP) is 4.07.